The van der Waals surface area contributed by atoms with E-state index in [1.807, 2.05) is 11.4 Å². The van der Waals surface area contributed by atoms with Crippen molar-refractivity contribution in [2.75, 3.05) is 0 Å². The normalized spacial score (nSPS) is 13.2. The van der Waals surface area contributed by atoms with E-state index in [0.29, 0.717) is 5.92 Å². The molecule has 1 aliphatic rings. The van der Waals surface area contributed by atoms with Gasteiger partial charge < -0.3 is 4.74 Å². The van der Waals surface area contributed by atoms with E-state index in [2.05, 4.69) is 43.1 Å². The Kier molecular flexibility index (Phi) is 4.92. The highest BCUT2D eigenvalue weighted by atomic mass is 32.1. The number of nitrogens with zero attached hydrogens (tertiary/aromatic N) is 1. The monoisotopic (exact) mass is 383 g/mol. The van der Waals surface area contributed by atoms with Crippen molar-refractivity contribution in [1.82, 2.24) is 4.98 Å². The summed E-state index contributed by atoms with van der Waals surface area (Å²) < 4.78 is 5.47. The zero-order valence-electron chi connectivity index (χ0n) is 15.0. The number of aromatic nitrogens is 1. The highest BCUT2D eigenvalue weighted by Gasteiger charge is 2.19. The van der Waals surface area contributed by atoms with E-state index in [4.69, 9.17) is 4.74 Å². The molecule has 4 rings (SSSR count). The summed E-state index contributed by atoms with van der Waals surface area (Å²) in [5, 5.41) is 2.93. The smallest absolute Gasteiger partial charge is 0.348 e. The number of fused-ring (bicyclic) bond motifs is 1. The van der Waals surface area contributed by atoms with Gasteiger partial charge in [-0.05, 0) is 42.4 Å². The molecule has 0 spiro atoms. The Bertz CT molecular complexity index is 900. The highest BCUT2D eigenvalue weighted by molar-refractivity contribution is 7.14. The van der Waals surface area contributed by atoms with E-state index in [9.17, 15) is 4.79 Å². The molecule has 3 nitrogen and oxygen atoms in total. The molecule has 3 aromatic rings. The number of ether oxygens (including phenoxy) is 1. The second-order valence-electron chi connectivity index (χ2n) is 6.91. The minimum Gasteiger partial charge on any atom is -0.455 e. The number of aryl methyl sites for hydroxylation is 2. The van der Waals surface area contributed by atoms with Crippen molar-refractivity contribution in [2.24, 2.45) is 0 Å². The fourth-order valence-corrected chi connectivity index (χ4v) is 5.11. The van der Waals surface area contributed by atoms with E-state index in [1.54, 1.807) is 22.7 Å². The number of carbonyl (C=O) groups is 1. The van der Waals surface area contributed by atoms with Gasteiger partial charge in [0.25, 0.3) is 0 Å². The minimum atomic E-state index is -0.236. The first-order chi connectivity index (χ1) is 12.6. The van der Waals surface area contributed by atoms with Crippen molar-refractivity contribution in [3.8, 4) is 10.6 Å². The van der Waals surface area contributed by atoms with Crippen molar-refractivity contribution in [3.05, 3.63) is 62.3 Å². The molecule has 0 aliphatic heterocycles. The molecule has 0 N–H and O–H groups in total. The lowest BCUT2D eigenvalue weighted by Gasteiger charge is -2.05. The topological polar surface area (TPSA) is 39.2 Å². The van der Waals surface area contributed by atoms with Gasteiger partial charge in [0.05, 0.1) is 5.69 Å². The van der Waals surface area contributed by atoms with Crippen LogP contribution in [0.25, 0.3) is 10.6 Å². The Balaban J connectivity index is 1.39. The third-order valence-electron chi connectivity index (χ3n) is 4.67. The van der Waals surface area contributed by atoms with Gasteiger partial charge >= 0.3 is 5.97 Å². The van der Waals surface area contributed by atoms with Gasteiger partial charge in [0.2, 0.25) is 0 Å². The van der Waals surface area contributed by atoms with E-state index in [0.717, 1.165) is 34.0 Å². The molecule has 26 heavy (non-hydrogen) atoms. The van der Waals surface area contributed by atoms with Crippen LogP contribution in [0, 0.1) is 0 Å². The fraction of sp³-hybridized carbons (Fsp3) is 0.333. The van der Waals surface area contributed by atoms with Crippen molar-refractivity contribution < 1.29 is 9.53 Å². The van der Waals surface area contributed by atoms with Crippen LogP contribution >= 0.6 is 22.7 Å². The molecule has 1 aliphatic carbocycles. The molecular formula is C21H21NO2S2. The first kappa shape index (κ1) is 17.4. The third kappa shape index (κ3) is 3.60. The van der Waals surface area contributed by atoms with Crippen molar-refractivity contribution in [2.45, 2.75) is 45.6 Å². The molecule has 0 bridgehead atoms. The van der Waals surface area contributed by atoms with Crippen LogP contribution in [0.5, 0.6) is 0 Å². The van der Waals surface area contributed by atoms with Crippen molar-refractivity contribution in [1.29, 1.82) is 0 Å². The SMILES string of the molecule is CC(C)c1ccc(-c2nc(COC(=O)c3cc4c(s3)CCC4)cs2)cc1. The van der Waals surface area contributed by atoms with E-state index in [-0.39, 0.29) is 12.6 Å². The van der Waals surface area contributed by atoms with E-state index >= 15 is 0 Å². The van der Waals surface area contributed by atoms with Crippen LogP contribution in [-0.2, 0) is 24.2 Å². The van der Waals surface area contributed by atoms with Crippen LogP contribution in [0.4, 0.5) is 0 Å². The van der Waals surface area contributed by atoms with Gasteiger partial charge in [0.15, 0.2) is 0 Å². The predicted molar refractivity (Wildman–Crippen MR) is 107 cm³/mol. The summed E-state index contributed by atoms with van der Waals surface area (Å²) in [4.78, 5) is 18.9. The van der Waals surface area contributed by atoms with Crippen LogP contribution in [0.3, 0.4) is 0 Å². The Morgan fingerprint density at radius 1 is 1.23 bits per heavy atom. The molecule has 5 heteroatoms. The largest absolute Gasteiger partial charge is 0.455 e. The maximum atomic E-state index is 12.3. The summed E-state index contributed by atoms with van der Waals surface area (Å²) in [7, 11) is 0. The molecule has 0 radical (unpaired) electrons. The van der Waals surface area contributed by atoms with Gasteiger partial charge in [-0.3, -0.25) is 0 Å². The summed E-state index contributed by atoms with van der Waals surface area (Å²) in [6, 6.07) is 10.5. The zero-order chi connectivity index (χ0) is 18.1. The minimum absolute atomic E-state index is 0.224. The van der Waals surface area contributed by atoms with Crippen molar-refractivity contribution >= 4 is 28.6 Å². The molecule has 2 heterocycles. The molecule has 134 valence electrons. The lowest BCUT2D eigenvalue weighted by Crippen LogP contribution is -2.03. The lowest BCUT2D eigenvalue weighted by molar-refractivity contribution is 0.0474. The number of benzene rings is 1. The number of carbonyl (C=O) groups excluding carboxylic acids is 1. The number of esters is 1. The first-order valence-electron chi connectivity index (χ1n) is 8.93. The molecule has 0 saturated carbocycles. The fourth-order valence-electron chi connectivity index (χ4n) is 3.16. The summed E-state index contributed by atoms with van der Waals surface area (Å²) >= 11 is 3.16. The quantitative estimate of drug-likeness (QED) is 0.520. The molecule has 2 aromatic heterocycles. The molecule has 0 atom stereocenters. The van der Waals surface area contributed by atoms with E-state index < -0.39 is 0 Å². The number of hydrogen-bond donors (Lipinski definition) is 0. The summed E-state index contributed by atoms with van der Waals surface area (Å²) in [5.41, 5.74) is 4.55. The number of hydrogen-bond acceptors (Lipinski definition) is 5. The van der Waals surface area contributed by atoms with Gasteiger partial charge in [-0.15, -0.1) is 22.7 Å². The Morgan fingerprint density at radius 3 is 2.77 bits per heavy atom. The maximum Gasteiger partial charge on any atom is 0.348 e. The molecule has 0 unspecified atom stereocenters. The van der Waals surface area contributed by atoms with E-state index in [1.165, 1.54) is 22.4 Å². The Hall–Kier alpha value is -1.98. The third-order valence-corrected chi connectivity index (χ3v) is 6.83. The molecule has 0 saturated heterocycles. The maximum absolute atomic E-state index is 12.3. The van der Waals surface area contributed by atoms with Crippen LogP contribution < -0.4 is 0 Å². The Morgan fingerprint density at radius 2 is 2.04 bits per heavy atom. The summed E-state index contributed by atoms with van der Waals surface area (Å²) in [6.07, 6.45) is 3.39. The van der Waals surface area contributed by atoms with Crippen molar-refractivity contribution in [3.63, 3.8) is 0 Å². The van der Waals surface area contributed by atoms with Gasteiger partial charge in [0.1, 0.15) is 16.5 Å². The Labute approximate surface area is 161 Å². The summed E-state index contributed by atoms with van der Waals surface area (Å²) in [5.74, 6) is 0.286. The van der Waals surface area contributed by atoms with Gasteiger partial charge in [-0.2, -0.15) is 0 Å². The second kappa shape index (κ2) is 7.33. The lowest BCUT2D eigenvalue weighted by atomic mass is 10.0. The van der Waals surface area contributed by atoms with Crippen LogP contribution in [-0.4, -0.2) is 11.0 Å². The van der Waals surface area contributed by atoms with Crippen LogP contribution in [0.2, 0.25) is 0 Å². The first-order valence-corrected chi connectivity index (χ1v) is 10.6. The van der Waals surface area contributed by atoms with Gasteiger partial charge in [-0.1, -0.05) is 38.1 Å². The average molecular weight is 384 g/mol. The predicted octanol–water partition coefficient (Wildman–Crippen LogP) is 5.84. The molecule has 0 amide bonds. The molecule has 0 fully saturated rings. The number of thiophene rings is 1. The zero-order valence-corrected chi connectivity index (χ0v) is 16.6. The summed E-state index contributed by atoms with van der Waals surface area (Å²) in [6.45, 7) is 4.60. The second-order valence-corrected chi connectivity index (χ2v) is 8.90. The average Bonchev–Trinajstić information content (AvgIpc) is 3.35. The highest BCUT2D eigenvalue weighted by Crippen LogP contribution is 2.31. The van der Waals surface area contributed by atoms with Gasteiger partial charge in [-0.25, -0.2) is 9.78 Å². The standard InChI is InChI=1S/C21H21NO2S2/c1-13(2)14-6-8-15(9-7-14)20-22-17(12-25-20)11-24-21(23)19-10-16-4-3-5-18(16)26-19/h6-10,12-13H,3-5,11H2,1-2H3. The number of rotatable bonds is 5. The van der Waals surface area contributed by atoms with Crippen LogP contribution in [0.15, 0.2) is 35.7 Å². The van der Waals surface area contributed by atoms with Gasteiger partial charge in [0, 0.05) is 15.8 Å². The van der Waals surface area contributed by atoms with Crippen LogP contribution in [0.1, 0.15) is 57.6 Å². The molecular weight excluding hydrogens is 362 g/mol. The molecule has 1 aromatic carbocycles. The number of thiazole rings is 1.